The van der Waals surface area contributed by atoms with Crippen molar-refractivity contribution in [2.24, 2.45) is 0 Å². The molecule has 1 aliphatic carbocycles. The molecule has 0 spiro atoms. The largest absolute Gasteiger partial charge is 0.394 e. The van der Waals surface area contributed by atoms with Crippen molar-refractivity contribution in [2.45, 2.75) is 71.0 Å². The predicted molar refractivity (Wildman–Crippen MR) is 75.0 cm³/mol. The standard InChI is InChI=1S/C14H26N4O/c1-4-12-15-13(5-2)18(17-12)9-8-14(3,10-19)16-11-6-7-11/h11,16,19H,4-10H2,1-3H3. The zero-order valence-corrected chi connectivity index (χ0v) is 12.3. The van der Waals surface area contributed by atoms with Crippen LogP contribution in [-0.2, 0) is 19.4 Å². The van der Waals surface area contributed by atoms with Crippen LogP contribution in [0, 0.1) is 0 Å². The van der Waals surface area contributed by atoms with E-state index in [1.54, 1.807) is 0 Å². The summed E-state index contributed by atoms with van der Waals surface area (Å²) in [5.41, 5.74) is -0.204. The van der Waals surface area contributed by atoms with Crippen molar-refractivity contribution in [3.63, 3.8) is 0 Å². The average Bonchev–Trinajstić information content (AvgIpc) is 3.13. The Hall–Kier alpha value is -0.940. The van der Waals surface area contributed by atoms with E-state index in [-0.39, 0.29) is 12.1 Å². The topological polar surface area (TPSA) is 63.0 Å². The van der Waals surface area contributed by atoms with Crippen molar-refractivity contribution < 1.29 is 5.11 Å². The van der Waals surface area contributed by atoms with Gasteiger partial charge >= 0.3 is 0 Å². The van der Waals surface area contributed by atoms with Crippen LogP contribution in [0.5, 0.6) is 0 Å². The summed E-state index contributed by atoms with van der Waals surface area (Å²) >= 11 is 0. The second-order valence-electron chi connectivity index (χ2n) is 5.76. The van der Waals surface area contributed by atoms with E-state index >= 15 is 0 Å². The highest BCUT2D eigenvalue weighted by Gasteiger charge is 2.31. The number of nitrogens with zero attached hydrogens (tertiary/aromatic N) is 3. The lowest BCUT2D eigenvalue weighted by atomic mass is 9.99. The van der Waals surface area contributed by atoms with Gasteiger partial charge < -0.3 is 10.4 Å². The fourth-order valence-corrected chi connectivity index (χ4v) is 2.29. The molecule has 1 saturated carbocycles. The zero-order valence-electron chi connectivity index (χ0n) is 12.3. The Morgan fingerprint density at radius 1 is 1.37 bits per heavy atom. The Kier molecular flexibility index (Phi) is 4.58. The molecule has 2 N–H and O–H groups in total. The van der Waals surface area contributed by atoms with Gasteiger partial charge in [-0.1, -0.05) is 13.8 Å². The monoisotopic (exact) mass is 266 g/mol. The summed E-state index contributed by atoms with van der Waals surface area (Å²) in [4.78, 5) is 4.52. The summed E-state index contributed by atoms with van der Waals surface area (Å²) in [7, 11) is 0. The van der Waals surface area contributed by atoms with Gasteiger partial charge in [-0.25, -0.2) is 9.67 Å². The molecule has 1 aromatic rings. The predicted octanol–water partition coefficient (Wildman–Crippen LogP) is 1.30. The third kappa shape index (κ3) is 3.76. The summed E-state index contributed by atoms with van der Waals surface area (Å²) in [5.74, 6) is 1.96. The summed E-state index contributed by atoms with van der Waals surface area (Å²) in [6.45, 7) is 7.25. The van der Waals surface area contributed by atoms with Crippen LogP contribution >= 0.6 is 0 Å². The molecule has 1 fully saturated rings. The fraction of sp³-hybridized carbons (Fsp3) is 0.857. The molecule has 0 saturated heterocycles. The van der Waals surface area contributed by atoms with Crippen LogP contribution in [-0.4, -0.2) is 38.1 Å². The van der Waals surface area contributed by atoms with Gasteiger partial charge in [0.05, 0.1) is 6.61 Å². The molecule has 108 valence electrons. The van der Waals surface area contributed by atoms with Crippen LogP contribution in [0.2, 0.25) is 0 Å². The van der Waals surface area contributed by atoms with E-state index in [0.29, 0.717) is 6.04 Å². The normalized spacial score (nSPS) is 18.5. The first-order chi connectivity index (χ1) is 9.10. The van der Waals surface area contributed by atoms with Crippen molar-refractivity contribution >= 4 is 0 Å². The van der Waals surface area contributed by atoms with E-state index in [9.17, 15) is 5.11 Å². The van der Waals surface area contributed by atoms with E-state index < -0.39 is 0 Å². The van der Waals surface area contributed by atoms with Crippen molar-refractivity contribution in [3.05, 3.63) is 11.6 Å². The van der Waals surface area contributed by atoms with Crippen LogP contribution in [0.15, 0.2) is 0 Å². The molecular formula is C14H26N4O. The highest BCUT2D eigenvalue weighted by Crippen LogP contribution is 2.24. The second-order valence-corrected chi connectivity index (χ2v) is 5.76. The smallest absolute Gasteiger partial charge is 0.150 e. The Morgan fingerprint density at radius 3 is 2.63 bits per heavy atom. The zero-order chi connectivity index (χ0) is 13.9. The molecule has 0 amide bonds. The maximum atomic E-state index is 9.61. The number of aliphatic hydroxyl groups excluding tert-OH is 1. The maximum Gasteiger partial charge on any atom is 0.150 e. The van der Waals surface area contributed by atoms with Gasteiger partial charge in [0.2, 0.25) is 0 Å². The number of aryl methyl sites for hydroxylation is 3. The summed E-state index contributed by atoms with van der Waals surface area (Å²) in [6.07, 6.45) is 5.12. The molecule has 0 aliphatic heterocycles. The van der Waals surface area contributed by atoms with Crippen molar-refractivity contribution in [3.8, 4) is 0 Å². The molecule has 1 unspecified atom stereocenters. The molecule has 19 heavy (non-hydrogen) atoms. The van der Waals surface area contributed by atoms with Gasteiger partial charge in [-0.05, 0) is 26.2 Å². The van der Waals surface area contributed by atoms with Crippen LogP contribution in [0.4, 0.5) is 0 Å². The molecule has 0 aromatic carbocycles. The number of nitrogens with one attached hydrogen (secondary N) is 1. The summed E-state index contributed by atoms with van der Waals surface area (Å²) in [6, 6.07) is 0.602. The lowest BCUT2D eigenvalue weighted by Gasteiger charge is -2.29. The molecule has 5 heteroatoms. The van der Waals surface area contributed by atoms with Gasteiger partial charge in [0, 0.05) is 31.0 Å². The number of hydrogen-bond donors (Lipinski definition) is 2. The lowest BCUT2D eigenvalue weighted by molar-refractivity contribution is 0.157. The molecular weight excluding hydrogens is 240 g/mol. The third-order valence-electron chi connectivity index (χ3n) is 3.78. The van der Waals surface area contributed by atoms with E-state index in [1.165, 1.54) is 12.8 Å². The SMILES string of the molecule is CCc1nc(CC)n(CCC(C)(CO)NC2CC2)n1. The van der Waals surface area contributed by atoms with Crippen molar-refractivity contribution in [1.82, 2.24) is 20.1 Å². The minimum atomic E-state index is -0.204. The quantitative estimate of drug-likeness (QED) is 0.744. The maximum absolute atomic E-state index is 9.61. The number of aliphatic hydroxyl groups is 1. The molecule has 5 nitrogen and oxygen atoms in total. The second kappa shape index (κ2) is 6.01. The van der Waals surface area contributed by atoms with Crippen LogP contribution in [0.1, 0.15) is 51.7 Å². The van der Waals surface area contributed by atoms with Gasteiger partial charge in [-0.3, -0.25) is 0 Å². The third-order valence-corrected chi connectivity index (χ3v) is 3.78. The Morgan fingerprint density at radius 2 is 2.11 bits per heavy atom. The first-order valence-electron chi connectivity index (χ1n) is 7.41. The van der Waals surface area contributed by atoms with Gasteiger partial charge in [0.15, 0.2) is 5.82 Å². The fourth-order valence-electron chi connectivity index (χ4n) is 2.29. The molecule has 0 radical (unpaired) electrons. The minimum Gasteiger partial charge on any atom is -0.394 e. The van der Waals surface area contributed by atoms with Gasteiger partial charge in [0.1, 0.15) is 5.82 Å². The summed E-state index contributed by atoms with van der Waals surface area (Å²) in [5, 5.41) is 17.7. The lowest BCUT2D eigenvalue weighted by Crippen LogP contribution is -2.47. The highest BCUT2D eigenvalue weighted by atomic mass is 16.3. The summed E-state index contributed by atoms with van der Waals surface area (Å²) < 4.78 is 2.00. The van der Waals surface area contributed by atoms with Gasteiger partial charge in [-0.15, -0.1) is 0 Å². The number of rotatable bonds is 8. The van der Waals surface area contributed by atoms with E-state index in [4.69, 9.17) is 0 Å². The van der Waals surface area contributed by atoms with Crippen molar-refractivity contribution in [1.29, 1.82) is 0 Å². The number of aromatic nitrogens is 3. The molecule has 1 heterocycles. The Balaban J connectivity index is 1.97. The van der Waals surface area contributed by atoms with Gasteiger partial charge in [-0.2, -0.15) is 5.10 Å². The molecule has 0 bridgehead atoms. The van der Waals surface area contributed by atoms with Crippen LogP contribution < -0.4 is 5.32 Å². The molecule has 2 rings (SSSR count). The first-order valence-corrected chi connectivity index (χ1v) is 7.41. The highest BCUT2D eigenvalue weighted by molar-refractivity contribution is 4.95. The van der Waals surface area contributed by atoms with E-state index in [2.05, 4.69) is 36.2 Å². The molecule has 1 aromatic heterocycles. The number of hydrogen-bond acceptors (Lipinski definition) is 4. The average molecular weight is 266 g/mol. The van der Waals surface area contributed by atoms with Crippen LogP contribution in [0.25, 0.3) is 0 Å². The first kappa shape index (κ1) is 14.5. The minimum absolute atomic E-state index is 0.167. The van der Waals surface area contributed by atoms with Gasteiger partial charge in [0.25, 0.3) is 0 Å². The Labute approximate surface area is 115 Å². The van der Waals surface area contributed by atoms with Crippen molar-refractivity contribution in [2.75, 3.05) is 6.61 Å². The Bertz CT molecular complexity index is 414. The van der Waals surface area contributed by atoms with Crippen LogP contribution in [0.3, 0.4) is 0 Å². The van der Waals surface area contributed by atoms with E-state index in [1.807, 2.05) is 4.68 Å². The van der Waals surface area contributed by atoms with E-state index in [0.717, 1.165) is 37.5 Å². The molecule has 1 atom stereocenters. The molecule has 1 aliphatic rings.